The molecule has 0 spiro atoms. The first-order chi connectivity index (χ1) is 9.32. The van der Waals surface area contributed by atoms with Crippen LogP contribution >= 0.6 is 0 Å². The van der Waals surface area contributed by atoms with Crippen molar-refractivity contribution in [2.45, 2.75) is 24.7 Å². The van der Waals surface area contributed by atoms with Gasteiger partial charge in [-0.3, -0.25) is 0 Å². The van der Waals surface area contributed by atoms with E-state index in [0.717, 1.165) is 31.0 Å². The van der Waals surface area contributed by atoms with Crippen LogP contribution in [0.5, 0.6) is 0 Å². The summed E-state index contributed by atoms with van der Waals surface area (Å²) in [4.78, 5) is 10.3. The molecule has 110 valence electrons. The van der Waals surface area contributed by atoms with Gasteiger partial charge in [0.25, 0.3) is 0 Å². The summed E-state index contributed by atoms with van der Waals surface area (Å²) in [6.07, 6.45) is 1.66. The van der Waals surface area contributed by atoms with E-state index in [1.165, 1.54) is 4.31 Å². The lowest BCUT2D eigenvalue weighted by Gasteiger charge is -2.30. The number of carboxylic acids is 1. The van der Waals surface area contributed by atoms with Gasteiger partial charge in [-0.1, -0.05) is 6.92 Å². The van der Waals surface area contributed by atoms with Crippen LogP contribution in [-0.2, 0) is 10.0 Å². The average Bonchev–Trinajstić information content (AvgIpc) is 2.38. The largest absolute Gasteiger partial charge is 0.478 e. The normalized spacial score (nSPS) is 20.8. The van der Waals surface area contributed by atoms with Crippen LogP contribution in [-0.4, -0.2) is 36.9 Å². The van der Waals surface area contributed by atoms with Gasteiger partial charge in [0.1, 0.15) is 10.7 Å². The van der Waals surface area contributed by atoms with E-state index in [2.05, 4.69) is 0 Å². The third-order valence-corrected chi connectivity index (χ3v) is 5.30. The SMILES string of the molecule is CC1CCCN(S(=O)(=O)c2cc(C(=O)O)ccc2F)C1. The molecule has 1 aliphatic heterocycles. The fourth-order valence-corrected chi connectivity index (χ4v) is 4.03. The van der Waals surface area contributed by atoms with Crippen molar-refractivity contribution in [1.29, 1.82) is 0 Å². The van der Waals surface area contributed by atoms with Gasteiger partial charge in [-0.15, -0.1) is 0 Å². The lowest BCUT2D eigenvalue weighted by Crippen LogP contribution is -2.39. The monoisotopic (exact) mass is 301 g/mol. The van der Waals surface area contributed by atoms with Crippen molar-refractivity contribution in [2.75, 3.05) is 13.1 Å². The maximum atomic E-state index is 13.8. The van der Waals surface area contributed by atoms with E-state index in [0.29, 0.717) is 13.1 Å². The van der Waals surface area contributed by atoms with Crippen LogP contribution in [0.1, 0.15) is 30.1 Å². The molecule has 1 N–H and O–H groups in total. The molecular formula is C13H16FNO4S. The first kappa shape index (κ1) is 14.9. The third kappa shape index (κ3) is 2.83. The molecule has 1 unspecified atom stereocenters. The second kappa shape index (κ2) is 5.49. The molecule has 1 atom stereocenters. The summed E-state index contributed by atoms with van der Waals surface area (Å²) < 4.78 is 39.9. The van der Waals surface area contributed by atoms with Gasteiger partial charge in [-0.25, -0.2) is 17.6 Å². The van der Waals surface area contributed by atoms with Crippen LogP contribution < -0.4 is 0 Å². The Kier molecular flexibility index (Phi) is 4.10. The molecule has 0 amide bonds. The van der Waals surface area contributed by atoms with Gasteiger partial charge < -0.3 is 5.11 Å². The summed E-state index contributed by atoms with van der Waals surface area (Å²) in [7, 11) is -3.99. The van der Waals surface area contributed by atoms with Crippen molar-refractivity contribution in [3.63, 3.8) is 0 Å². The summed E-state index contributed by atoms with van der Waals surface area (Å²) in [6.45, 7) is 2.61. The fourth-order valence-electron chi connectivity index (χ4n) is 2.34. The number of benzene rings is 1. The zero-order valence-electron chi connectivity index (χ0n) is 11.0. The van der Waals surface area contributed by atoms with E-state index in [1.54, 1.807) is 0 Å². The summed E-state index contributed by atoms with van der Waals surface area (Å²) >= 11 is 0. The molecule has 0 bridgehead atoms. The molecule has 1 saturated heterocycles. The van der Waals surface area contributed by atoms with Crippen LogP contribution in [0.4, 0.5) is 4.39 Å². The van der Waals surface area contributed by atoms with Gasteiger partial charge in [0.2, 0.25) is 10.0 Å². The molecule has 0 aliphatic carbocycles. The second-order valence-electron chi connectivity index (χ2n) is 5.06. The smallest absolute Gasteiger partial charge is 0.335 e. The molecule has 0 aromatic heterocycles. The number of carbonyl (C=O) groups is 1. The van der Waals surface area contributed by atoms with E-state index >= 15 is 0 Å². The third-order valence-electron chi connectivity index (χ3n) is 3.42. The number of hydrogen-bond acceptors (Lipinski definition) is 3. The highest BCUT2D eigenvalue weighted by molar-refractivity contribution is 7.89. The molecule has 0 saturated carbocycles. The molecule has 20 heavy (non-hydrogen) atoms. The minimum Gasteiger partial charge on any atom is -0.478 e. The highest BCUT2D eigenvalue weighted by Crippen LogP contribution is 2.25. The van der Waals surface area contributed by atoms with Crippen LogP contribution in [0.3, 0.4) is 0 Å². The number of rotatable bonds is 3. The summed E-state index contributed by atoms with van der Waals surface area (Å²) in [5.41, 5.74) is -0.241. The lowest BCUT2D eigenvalue weighted by atomic mass is 10.0. The Labute approximate surface area is 117 Å². The molecule has 2 rings (SSSR count). The summed E-state index contributed by atoms with van der Waals surface area (Å²) in [6, 6.07) is 2.81. The topological polar surface area (TPSA) is 74.7 Å². The minimum absolute atomic E-state index is 0.212. The first-order valence-electron chi connectivity index (χ1n) is 6.35. The molecule has 1 aliphatic rings. The Bertz CT molecular complexity index is 629. The number of aromatic carboxylic acids is 1. The highest BCUT2D eigenvalue weighted by Gasteiger charge is 2.31. The lowest BCUT2D eigenvalue weighted by molar-refractivity contribution is 0.0696. The van der Waals surface area contributed by atoms with Crippen LogP contribution in [0, 0.1) is 11.7 Å². The first-order valence-corrected chi connectivity index (χ1v) is 7.79. The molecule has 5 nitrogen and oxygen atoms in total. The van der Waals surface area contributed by atoms with Gasteiger partial charge in [-0.2, -0.15) is 4.31 Å². The maximum absolute atomic E-state index is 13.8. The van der Waals surface area contributed by atoms with Gasteiger partial charge in [0.05, 0.1) is 5.56 Å². The Morgan fingerprint density at radius 2 is 2.15 bits per heavy atom. The van der Waals surface area contributed by atoms with Gasteiger partial charge >= 0.3 is 5.97 Å². The zero-order valence-corrected chi connectivity index (χ0v) is 11.9. The predicted molar refractivity (Wildman–Crippen MR) is 70.5 cm³/mol. The van der Waals surface area contributed by atoms with Crippen LogP contribution in [0.25, 0.3) is 0 Å². The molecule has 1 fully saturated rings. The van der Waals surface area contributed by atoms with Crippen molar-refractivity contribution in [3.05, 3.63) is 29.6 Å². The molecule has 1 heterocycles. The molecular weight excluding hydrogens is 285 g/mol. The van der Waals surface area contributed by atoms with E-state index in [9.17, 15) is 17.6 Å². The average molecular weight is 301 g/mol. The van der Waals surface area contributed by atoms with Crippen molar-refractivity contribution in [2.24, 2.45) is 5.92 Å². The van der Waals surface area contributed by atoms with Gasteiger partial charge in [0.15, 0.2) is 0 Å². The van der Waals surface area contributed by atoms with Crippen molar-refractivity contribution in [3.8, 4) is 0 Å². The molecule has 0 radical (unpaired) electrons. The molecule has 1 aromatic carbocycles. The second-order valence-corrected chi connectivity index (χ2v) is 6.97. The maximum Gasteiger partial charge on any atom is 0.335 e. The number of hydrogen-bond donors (Lipinski definition) is 1. The number of sulfonamides is 1. The van der Waals surface area contributed by atoms with E-state index in [-0.39, 0.29) is 11.5 Å². The fraction of sp³-hybridized carbons (Fsp3) is 0.462. The highest BCUT2D eigenvalue weighted by atomic mass is 32.2. The molecule has 1 aromatic rings. The summed E-state index contributed by atoms with van der Waals surface area (Å²) in [5.74, 6) is -1.99. The van der Waals surface area contributed by atoms with E-state index in [1.807, 2.05) is 6.92 Å². The standard InChI is InChI=1S/C13H16FNO4S/c1-9-3-2-6-15(8-9)20(18,19)12-7-10(13(16)17)4-5-11(12)14/h4-5,7,9H,2-3,6,8H2,1H3,(H,16,17). The number of nitrogens with zero attached hydrogens (tertiary/aromatic N) is 1. The van der Waals surface area contributed by atoms with Gasteiger partial charge in [-0.05, 0) is 37.0 Å². The minimum atomic E-state index is -3.99. The Morgan fingerprint density at radius 3 is 2.75 bits per heavy atom. The van der Waals surface area contributed by atoms with Crippen LogP contribution in [0.15, 0.2) is 23.1 Å². The number of halogens is 1. The number of piperidine rings is 1. The predicted octanol–water partition coefficient (Wildman–Crippen LogP) is 1.94. The Morgan fingerprint density at radius 1 is 1.45 bits per heavy atom. The molecule has 7 heteroatoms. The quantitative estimate of drug-likeness (QED) is 0.926. The Balaban J connectivity index is 2.43. The van der Waals surface area contributed by atoms with Crippen molar-refractivity contribution in [1.82, 2.24) is 4.31 Å². The van der Waals surface area contributed by atoms with Crippen LogP contribution in [0.2, 0.25) is 0 Å². The van der Waals surface area contributed by atoms with Crippen molar-refractivity contribution < 1.29 is 22.7 Å². The van der Waals surface area contributed by atoms with E-state index < -0.39 is 26.7 Å². The zero-order chi connectivity index (χ0) is 14.9. The van der Waals surface area contributed by atoms with E-state index in [4.69, 9.17) is 5.11 Å². The summed E-state index contributed by atoms with van der Waals surface area (Å²) in [5, 5.41) is 8.89. The Hall–Kier alpha value is -1.47. The number of carboxylic acid groups (broad SMARTS) is 1. The van der Waals surface area contributed by atoms with Crippen molar-refractivity contribution >= 4 is 16.0 Å². The van der Waals surface area contributed by atoms with Gasteiger partial charge in [0, 0.05) is 13.1 Å².